The molecular weight excluding hydrogens is 314 g/mol. The van der Waals surface area contributed by atoms with Gasteiger partial charge in [0.15, 0.2) is 6.23 Å². The number of nitrogens with one attached hydrogen (secondary N) is 1. The van der Waals surface area contributed by atoms with E-state index in [1.807, 2.05) is 0 Å². The molecule has 0 aliphatic carbocycles. The maximum atomic E-state index is 12.2. The van der Waals surface area contributed by atoms with Gasteiger partial charge in [-0.1, -0.05) is 0 Å². The molecule has 132 valence electrons. The van der Waals surface area contributed by atoms with Gasteiger partial charge in [-0.3, -0.25) is 0 Å². The number of ether oxygens (including phenoxy) is 2. The molecule has 0 radical (unpaired) electrons. The van der Waals surface area contributed by atoms with Crippen LogP contribution in [0.2, 0.25) is 0 Å². The molecule has 2 N–H and O–H groups in total. The lowest BCUT2D eigenvalue weighted by Gasteiger charge is -2.34. The number of rotatable bonds is 4. The van der Waals surface area contributed by atoms with Crippen molar-refractivity contribution in [1.82, 2.24) is 15.1 Å². The largest absolute Gasteiger partial charge is 0.508 e. The van der Waals surface area contributed by atoms with Crippen LogP contribution < -0.4 is 10.1 Å². The first-order valence-electron chi connectivity index (χ1n) is 7.92. The zero-order chi connectivity index (χ0) is 17.5. The fourth-order valence-corrected chi connectivity index (χ4v) is 2.33. The van der Waals surface area contributed by atoms with E-state index in [0.29, 0.717) is 38.5 Å². The van der Waals surface area contributed by atoms with Gasteiger partial charge in [-0.2, -0.15) is 0 Å². The fraction of sp³-hybridized carbons (Fsp3) is 0.500. The van der Waals surface area contributed by atoms with Crippen molar-refractivity contribution in [2.75, 3.05) is 32.8 Å². The minimum atomic E-state index is -0.523. The number of piperazine rings is 1. The Morgan fingerprint density at radius 3 is 2.33 bits per heavy atom. The number of benzene rings is 1. The van der Waals surface area contributed by atoms with Gasteiger partial charge in [-0.15, -0.1) is 0 Å². The minimum Gasteiger partial charge on any atom is -0.508 e. The predicted octanol–water partition coefficient (Wildman–Crippen LogP) is 1.60. The van der Waals surface area contributed by atoms with Gasteiger partial charge in [0, 0.05) is 26.2 Å². The van der Waals surface area contributed by atoms with Gasteiger partial charge < -0.3 is 29.7 Å². The molecule has 1 unspecified atom stereocenters. The van der Waals surface area contributed by atoms with Crippen LogP contribution >= 0.6 is 0 Å². The van der Waals surface area contributed by atoms with Crippen LogP contribution in [0.5, 0.6) is 11.5 Å². The molecule has 1 fully saturated rings. The Labute approximate surface area is 140 Å². The monoisotopic (exact) mass is 337 g/mol. The van der Waals surface area contributed by atoms with Crippen LogP contribution in [0.3, 0.4) is 0 Å². The van der Waals surface area contributed by atoms with Crippen molar-refractivity contribution in [3.63, 3.8) is 0 Å². The molecule has 0 aromatic heterocycles. The van der Waals surface area contributed by atoms with E-state index in [9.17, 15) is 14.7 Å². The molecule has 3 amide bonds. The third kappa shape index (κ3) is 4.94. The third-order valence-electron chi connectivity index (χ3n) is 3.57. The fourth-order valence-electron chi connectivity index (χ4n) is 2.33. The minimum absolute atomic E-state index is 0.151. The number of amides is 3. The van der Waals surface area contributed by atoms with Crippen LogP contribution in [-0.2, 0) is 4.74 Å². The predicted molar refractivity (Wildman–Crippen MR) is 86.9 cm³/mol. The summed E-state index contributed by atoms with van der Waals surface area (Å²) in [4.78, 5) is 27.1. The van der Waals surface area contributed by atoms with E-state index in [1.54, 1.807) is 35.8 Å². The molecular formula is C16H23N3O5. The van der Waals surface area contributed by atoms with Crippen LogP contribution in [-0.4, -0.2) is 66.0 Å². The van der Waals surface area contributed by atoms with Crippen LogP contribution in [0.15, 0.2) is 24.3 Å². The molecule has 0 bridgehead atoms. The second kappa shape index (κ2) is 8.28. The van der Waals surface area contributed by atoms with E-state index in [4.69, 9.17) is 9.47 Å². The van der Waals surface area contributed by atoms with Crippen molar-refractivity contribution in [3.8, 4) is 11.5 Å². The molecule has 1 aromatic rings. The van der Waals surface area contributed by atoms with E-state index in [0.717, 1.165) is 0 Å². The number of phenols is 1. The Bertz CT molecular complexity index is 555. The number of carbonyl (C=O) groups is 2. The Morgan fingerprint density at radius 1 is 1.17 bits per heavy atom. The molecule has 1 aliphatic heterocycles. The Morgan fingerprint density at radius 2 is 1.75 bits per heavy atom. The number of aromatic hydroxyl groups is 1. The molecule has 0 spiro atoms. The molecule has 8 heteroatoms. The number of hydrogen-bond acceptors (Lipinski definition) is 5. The molecule has 8 nitrogen and oxygen atoms in total. The van der Waals surface area contributed by atoms with Gasteiger partial charge in [-0.05, 0) is 38.1 Å². The molecule has 24 heavy (non-hydrogen) atoms. The third-order valence-corrected chi connectivity index (χ3v) is 3.57. The Balaban J connectivity index is 1.76. The smallest absolute Gasteiger partial charge is 0.409 e. The first kappa shape index (κ1) is 17.7. The van der Waals surface area contributed by atoms with Crippen molar-refractivity contribution in [1.29, 1.82) is 0 Å². The lowest BCUT2D eigenvalue weighted by molar-refractivity contribution is 0.0821. The lowest BCUT2D eigenvalue weighted by Crippen LogP contribution is -2.54. The first-order valence-corrected chi connectivity index (χ1v) is 7.92. The zero-order valence-corrected chi connectivity index (χ0v) is 13.9. The van der Waals surface area contributed by atoms with Gasteiger partial charge in [0.25, 0.3) is 0 Å². The van der Waals surface area contributed by atoms with E-state index in [1.165, 1.54) is 12.1 Å². The maximum Gasteiger partial charge on any atom is 0.409 e. The standard InChI is InChI=1S/C16H23N3O5/c1-3-23-16(22)19-10-8-18(9-11-19)15(21)17-12(2)24-14-6-4-13(20)5-7-14/h4-7,12,20H,3,8-11H2,1-2H3,(H,17,21). The average Bonchev–Trinajstić information content (AvgIpc) is 2.57. The Kier molecular flexibility index (Phi) is 6.11. The van der Waals surface area contributed by atoms with E-state index in [2.05, 4.69) is 5.32 Å². The number of phenolic OH excluding ortho intramolecular Hbond substituents is 1. The van der Waals surface area contributed by atoms with Crippen molar-refractivity contribution in [2.24, 2.45) is 0 Å². The first-order chi connectivity index (χ1) is 11.5. The highest BCUT2D eigenvalue weighted by atomic mass is 16.6. The SMILES string of the molecule is CCOC(=O)N1CCN(C(=O)NC(C)Oc2ccc(O)cc2)CC1. The van der Waals surface area contributed by atoms with Crippen LogP contribution in [0, 0.1) is 0 Å². The summed E-state index contributed by atoms with van der Waals surface area (Å²) in [5.41, 5.74) is 0. The molecule has 1 atom stereocenters. The summed E-state index contributed by atoms with van der Waals surface area (Å²) in [6.45, 7) is 5.59. The van der Waals surface area contributed by atoms with Gasteiger partial charge in [0.2, 0.25) is 0 Å². The second-order valence-corrected chi connectivity index (χ2v) is 5.38. The topological polar surface area (TPSA) is 91.3 Å². The average molecular weight is 337 g/mol. The molecule has 1 aromatic carbocycles. The van der Waals surface area contributed by atoms with Gasteiger partial charge in [0.1, 0.15) is 11.5 Å². The highest BCUT2D eigenvalue weighted by molar-refractivity contribution is 5.75. The number of carbonyl (C=O) groups excluding carboxylic acids is 2. The second-order valence-electron chi connectivity index (χ2n) is 5.38. The molecule has 1 saturated heterocycles. The van der Waals surface area contributed by atoms with Crippen LogP contribution in [0.1, 0.15) is 13.8 Å². The summed E-state index contributed by atoms with van der Waals surface area (Å²) >= 11 is 0. The number of urea groups is 1. The summed E-state index contributed by atoms with van der Waals surface area (Å²) < 4.78 is 10.5. The zero-order valence-electron chi connectivity index (χ0n) is 13.9. The summed E-state index contributed by atoms with van der Waals surface area (Å²) in [6.07, 6.45) is -0.869. The molecule has 2 rings (SSSR count). The van der Waals surface area contributed by atoms with Crippen molar-refractivity contribution in [2.45, 2.75) is 20.1 Å². The maximum absolute atomic E-state index is 12.2. The number of hydrogen-bond donors (Lipinski definition) is 2. The highest BCUT2D eigenvalue weighted by Gasteiger charge is 2.25. The van der Waals surface area contributed by atoms with E-state index < -0.39 is 6.23 Å². The summed E-state index contributed by atoms with van der Waals surface area (Å²) in [5.74, 6) is 0.700. The van der Waals surface area contributed by atoms with Crippen molar-refractivity contribution < 1.29 is 24.2 Å². The molecule has 0 saturated carbocycles. The lowest BCUT2D eigenvalue weighted by atomic mass is 10.3. The van der Waals surface area contributed by atoms with Gasteiger partial charge >= 0.3 is 12.1 Å². The highest BCUT2D eigenvalue weighted by Crippen LogP contribution is 2.16. The van der Waals surface area contributed by atoms with Crippen LogP contribution in [0.25, 0.3) is 0 Å². The normalized spacial score (nSPS) is 15.6. The summed E-state index contributed by atoms with van der Waals surface area (Å²) in [5, 5.41) is 12.0. The van der Waals surface area contributed by atoms with Crippen molar-refractivity contribution >= 4 is 12.1 Å². The summed E-state index contributed by atoms with van der Waals surface area (Å²) in [7, 11) is 0. The van der Waals surface area contributed by atoms with Gasteiger partial charge in [0.05, 0.1) is 6.61 Å². The van der Waals surface area contributed by atoms with Crippen molar-refractivity contribution in [3.05, 3.63) is 24.3 Å². The molecule has 1 aliphatic rings. The summed E-state index contributed by atoms with van der Waals surface area (Å²) in [6, 6.07) is 6.02. The van der Waals surface area contributed by atoms with E-state index in [-0.39, 0.29) is 17.9 Å². The number of nitrogens with zero attached hydrogens (tertiary/aromatic N) is 2. The quantitative estimate of drug-likeness (QED) is 0.814. The molecule has 1 heterocycles. The van der Waals surface area contributed by atoms with Gasteiger partial charge in [-0.25, -0.2) is 9.59 Å². The Hall–Kier alpha value is -2.64. The van der Waals surface area contributed by atoms with E-state index >= 15 is 0 Å². The van der Waals surface area contributed by atoms with Crippen LogP contribution in [0.4, 0.5) is 9.59 Å².